The zero-order valence-corrected chi connectivity index (χ0v) is 17.9. The van der Waals surface area contributed by atoms with Crippen LogP contribution in [0.1, 0.15) is 44.3 Å². The molecule has 0 aliphatic heterocycles. The van der Waals surface area contributed by atoms with E-state index in [9.17, 15) is 14.4 Å². The maximum absolute atomic E-state index is 12.0. The molecular weight excluding hydrogens is 427 g/mol. The van der Waals surface area contributed by atoms with Crippen LogP contribution in [0.2, 0.25) is 0 Å². The van der Waals surface area contributed by atoms with Crippen LogP contribution >= 0.6 is 0 Å². The predicted octanol–water partition coefficient (Wildman–Crippen LogP) is 2.90. The zero-order chi connectivity index (χ0) is 20.7. The molecule has 0 spiro atoms. The van der Waals surface area contributed by atoms with E-state index in [0.29, 0.717) is 5.56 Å². The van der Waals surface area contributed by atoms with E-state index in [4.69, 9.17) is 14.2 Å². The van der Waals surface area contributed by atoms with Gasteiger partial charge in [-0.15, -0.1) is 0 Å². The molecule has 0 heterocycles. The molecule has 0 N–H and O–H groups in total. The Morgan fingerprint density at radius 3 is 1.96 bits per heavy atom. The Kier molecular flexibility index (Phi) is 7.79. The molecule has 0 bridgehead atoms. The second-order valence-corrected chi connectivity index (χ2v) is 8.12. The molecule has 2 rings (SSSR count). The summed E-state index contributed by atoms with van der Waals surface area (Å²) >= 11 is 0.207. The first-order valence-electron chi connectivity index (χ1n) is 8.51. The number of ether oxygens (including phenoxy) is 3. The molecule has 0 radical (unpaired) electrons. The number of carbonyl (C=O) groups excluding carboxylic acids is 3. The van der Waals surface area contributed by atoms with Crippen molar-refractivity contribution >= 4 is 32.9 Å². The fraction of sp³-hybridized carbons (Fsp3) is 0.286. The fourth-order valence-corrected chi connectivity index (χ4v) is 4.51. The molecule has 0 fully saturated rings. The van der Waals surface area contributed by atoms with Crippen LogP contribution in [0, 0.1) is 6.92 Å². The molecule has 2 aromatic carbocycles. The summed E-state index contributed by atoms with van der Waals surface area (Å²) in [6.07, 6.45) is 0. The van der Waals surface area contributed by atoms with Gasteiger partial charge in [0.05, 0.1) is 0 Å². The minimum absolute atomic E-state index is 0.192. The minimum atomic E-state index is -0.549. The summed E-state index contributed by atoms with van der Waals surface area (Å²) in [4.78, 5) is 35.0. The number of carbonyl (C=O) groups is 3. The van der Waals surface area contributed by atoms with Gasteiger partial charge in [-0.3, -0.25) is 0 Å². The van der Waals surface area contributed by atoms with E-state index in [1.54, 1.807) is 12.1 Å². The van der Waals surface area contributed by atoms with Gasteiger partial charge in [0.25, 0.3) is 0 Å². The van der Waals surface area contributed by atoms with E-state index in [0.717, 1.165) is 27.3 Å². The topological polar surface area (TPSA) is 78.9 Å². The van der Waals surface area contributed by atoms with Crippen molar-refractivity contribution in [2.45, 2.75) is 24.5 Å². The van der Waals surface area contributed by atoms with Gasteiger partial charge in [0.1, 0.15) is 0 Å². The molecule has 28 heavy (non-hydrogen) atoms. The summed E-state index contributed by atoms with van der Waals surface area (Å²) in [7, 11) is 2.66. The summed E-state index contributed by atoms with van der Waals surface area (Å²) in [6.45, 7) is 3.16. The number of aryl methyl sites for hydroxylation is 1. The van der Waals surface area contributed by atoms with Gasteiger partial charge < -0.3 is 0 Å². The fourth-order valence-electron chi connectivity index (χ4n) is 2.56. The molecule has 0 saturated carbocycles. The van der Waals surface area contributed by atoms with E-state index >= 15 is 0 Å². The van der Waals surface area contributed by atoms with Gasteiger partial charge in [-0.25, -0.2) is 0 Å². The van der Waals surface area contributed by atoms with E-state index < -0.39 is 11.9 Å². The second-order valence-electron chi connectivity index (χ2n) is 6.05. The van der Waals surface area contributed by atoms with Gasteiger partial charge >= 0.3 is 170 Å². The Morgan fingerprint density at radius 1 is 0.857 bits per heavy atom. The third-order valence-electron chi connectivity index (χ3n) is 3.95. The molecule has 0 aliphatic rings. The Bertz CT molecular complexity index is 890. The van der Waals surface area contributed by atoms with Crippen LogP contribution in [0.5, 0.6) is 5.75 Å². The van der Waals surface area contributed by atoms with Crippen molar-refractivity contribution < 1.29 is 28.6 Å². The molecule has 2 aromatic rings. The summed E-state index contributed by atoms with van der Waals surface area (Å²) in [5, 5.41) is 1.61. The molecular formula is C21H22O6Se. The third kappa shape index (κ3) is 5.68. The first-order chi connectivity index (χ1) is 13.3. The average molecular weight is 449 g/mol. The Hall–Kier alpha value is -2.63. The Balaban J connectivity index is 2.09. The van der Waals surface area contributed by atoms with E-state index in [1.165, 1.54) is 21.1 Å². The molecule has 148 valence electrons. The summed E-state index contributed by atoms with van der Waals surface area (Å²) in [5.74, 6) is -1.19. The van der Waals surface area contributed by atoms with Gasteiger partial charge in [0, 0.05) is 0 Å². The SMILES string of the molecule is COC(=O)c1cc(C[Se]Cc2ccc(OC(C)=O)c(C(=O)OC)c2)ccc1C. The molecule has 0 saturated heterocycles. The van der Waals surface area contributed by atoms with Crippen molar-refractivity contribution in [3.05, 3.63) is 64.2 Å². The molecule has 0 aliphatic carbocycles. The number of esters is 3. The predicted molar refractivity (Wildman–Crippen MR) is 105 cm³/mol. The Morgan fingerprint density at radius 2 is 1.39 bits per heavy atom. The normalized spacial score (nSPS) is 10.3. The molecule has 6 nitrogen and oxygen atoms in total. The third-order valence-corrected chi connectivity index (χ3v) is 6.20. The van der Waals surface area contributed by atoms with Crippen LogP contribution in [0.3, 0.4) is 0 Å². The van der Waals surface area contributed by atoms with Gasteiger partial charge in [0.15, 0.2) is 0 Å². The number of hydrogen-bond acceptors (Lipinski definition) is 6. The first kappa shape index (κ1) is 21.7. The van der Waals surface area contributed by atoms with Gasteiger partial charge in [0.2, 0.25) is 0 Å². The molecule has 0 aromatic heterocycles. The van der Waals surface area contributed by atoms with Gasteiger partial charge in [-0.1, -0.05) is 0 Å². The number of benzene rings is 2. The van der Waals surface area contributed by atoms with Crippen molar-refractivity contribution in [2.75, 3.05) is 14.2 Å². The van der Waals surface area contributed by atoms with E-state index in [1.807, 2.05) is 31.2 Å². The van der Waals surface area contributed by atoms with Crippen LogP contribution < -0.4 is 4.74 Å². The molecule has 0 atom stereocenters. The van der Waals surface area contributed by atoms with Crippen molar-refractivity contribution in [2.24, 2.45) is 0 Å². The van der Waals surface area contributed by atoms with E-state index in [2.05, 4.69) is 0 Å². The van der Waals surface area contributed by atoms with Crippen LogP contribution in [-0.4, -0.2) is 47.1 Å². The molecule has 0 amide bonds. The summed E-state index contributed by atoms with van der Waals surface area (Å²) < 4.78 is 14.7. The zero-order valence-electron chi connectivity index (χ0n) is 16.2. The van der Waals surface area contributed by atoms with Crippen molar-refractivity contribution in [3.63, 3.8) is 0 Å². The maximum atomic E-state index is 12.0. The van der Waals surface area contributed by atoms with Gasteiger partial charge in [-0.2, -0.15) is 0 Å². The average Bonchev–Trinajstić information content (AvgIpc) is 2.68. The van der Waals surface area contributed by atoms with Crippen molar-refractivity contribution in [3.8, 4) is 5.75 Å². The van der Waals surface area contributed by atoms with Crippen molar-refractivity contribution in [1.82, 2.24) is 0 Å². The van der Waals surface area contributed by atoms with Crippen LogP contribution in [0.15, 0.2) is 36.4 Å². The number of methoxy groups -OCH3 is 2. The van der Waals surface area contributed by atoms with E-state index in [-0.39, 0.29) is 32.2 Å². The quantitative estimate of drug-likeness (QED) is 0.368. The van der Waals surface area contributed by atoms with Crippen LogP contribution in [-0.2, 0) is 24.9 Å². The van der Waals surface area contributed by atoms with Crippen LogP contribution in [0.25, 0.3) is 0 Å². The number of hydrogen-bond donors (Lipinski definition) is 0. The van der Waals surface area contributed by atoms with Crippen LogP contribution in [0.4, 0.5) is 0 Å². The Labute approximate surface area is 170 Å². The van der Waals surface area contributed by atoms with Gasteiger partial charge in [-0.05, 0) is 0 Å². The number of rotatable bonds is 7. The summed E-state index contributed by atoms with van der Waals surface area (Å²) in [5.41, 5.74) is 3.71. The van der Waals surface area contributed by atoms with Crippen molar-refractivity contribution in [1.29, 1.82) is 0 Å². The first-order valence-corrected chi connectivity index (χ1v) is 10.9. The molecule has 7 heteroatoms. The monoisotopic (exact) mass is 450 g/mol. The standard InChI is InChI=1S/C21H22O6Se/c1-13-5-6-15(9-17(13)20(23)25-3)11-28-12-16-7-8-19(27-14(2)22)18(10-16)21(24)26-4/h5-10H,11-12H2,1-4H3. The second kappa shape index (κ2) is 10.1. The summed E-state index contributed by atoms with van der Waals surface area (Å²) in [6, 6.07) is 10.9. The molecule has 0 unspecified atom stereocenters.